The molecular formula is C10H17N3. The molecule has 0 radical (unpaired) electrons. The number of hydrogen-bond acceptors (Lipinski definition) is 3. The molecule has 0 saturated heterocycles. The van der Waals surface area contributed by atoms with Gasteiger partial charge in [0.05, 0.1) is 6.54 Å². The summed E-state index contributed by atoms with van der Waals surface area (Å²) in [5.41, 5.74) is 0. The Morgan fingerprint density at radius 3 is 3.00 bits per heavy atom. The molecule has 1 aliphatic rings. The molecule has 0 amide bonds. The Labute approximate surface area is 80.2 Å². The Hall–Kier alpha value is -1.17. The van der Waals surface area contributed by atoms with E-state index in [9.17, 15) is 0 Å². The van der Waals surface area contributed by atoms with Crippen molar-refractivity contribution in [1.29, 1.82) is 0 Å². The van der Waals surface area contributed by atoms with Gasteiger partial charge < -0.3 is 10.2 Å². The lowest BCUT2D eigenvalue weighted by atomic mass is 10.1. The third-order valence-corrected chi connectivity index (χ3v) is 2.25. The second-order valence-electron chi connectivity index (χ2n) is 3.28. The van der Waals surface area contributed by atoms with Crippen LogP contribution >= 0.6 is 0 Å². The lowest BCUT2D eigenvalue weighted by molar-refractivity contribution is 0.503. The summed E-state index contributed by atoms with van der Waals surface area (Å²) in [6.45, 7) is 4.03. The van der Waals surface area contributed by atoms with Gasteiger partial charge in [0.1, 0.15) is 0 Å². The summed E-state index contributed by atoms with van der Waals surface area (Å²) in [6, 6.07) is 0.365. The van der Waals surface area contributed by atoms with Gasteiger partial charge in [-0.15, -0.1) is 12.3 Å². The van der Waals surface area contributed by atoms with Gasteiger partial charge in [-0.25, -0.2) is 0 Å². The van der Waals surface area contributed by atoms with Crippen molar-refractivity contribution in [2.75, 3.05) is 20.1 Å². The van der Waals surface area contributed by atoms with Crippen LogP contribution in [0.4, 0.5) is 0 Å². The molecule has 0 fully saturated rings. The molecule has 0 spiro atoms. The smallest absolute Gasteiger partial charge is 0.194 e. The van der Waals surface area contributed by atoms with E-state index in [2.05, 4.69) is 28.1 Å². The average molecular weight is 179 g/mol. The van der Waals surface area contributed by atoms with Crippen molar-refractivity contribution in [3.8, 4) is 12.3 Å². The summed E-state index contributed by atoms with van der Waals surface area (Å²) in [5, 5.41) is 3.35. The highest BCUT2D eigenvalue weighted by Gasteiger charge is 2.14. The summed E-state index contributed by atoms with van der Waals surface area (Å²) in [7, 11) is 2.04. The number of nitrogens with one attached hydrogen (secondary N) is 1. The fraction of sp³-hybridized carbons (Fsp3) is 0.700. The zero-order valence-corrected chi connectivity index (χ0v) is 8.38. The van der Waals surface area contributed by atoms with E-state index in [1.807, 2.05) is 7.05 Å². The Bertz CT molecular complexity index is 227. The van der Waals surface area contributed by atoms with Crippen molar-refractivity contribution < 1.29 is 0 Å². The molecular weight excluding hydrogens is 162 g/mol. The minimum absolute atomic E-state index is 0.365. The van der Waals surface area contributed by atoms with Gasteiger partial charge in [0.15, 0.2) is 5.96 Å². The molecule has 3 nitrogen and oxygen atoms in total. The minimum Gasteiger partial charge on any atom is -0.353 e. The lowest BCUT2D eigenvalue weighted by Gasteiger charge is -2.20. The summed E-state index contributed by atoms with van der Waals surface area (Å²) in [6.07, 6.45) is 7.08. The van der Waals surface area contributed by atoms with Gasteiger partial charge in [-0.1, -0.05) is 6.92 Å². The van der Waals surface area contributed by atoms with Crippen LogP contribution in [0.3, 0.4) is 0 Å². The molecule has 0 aromatic carbocycles. The van der Waals surface area contributed by atoms with Crippen molar-refractivity contribution in [3.05, 3.63) is 0 Å². The van der Waals surface area contributed by atoms with Crippen molar-refractivity contribution in [3.63, 3.8) is 0 Å². The maximum atomic E-state index is 5.27. The molecule has 1 rings (SSSR count). The standard InChI is InChI=1S/C10H17N3/c1-4-6-9(5-2)12-10-11-7-8-13(10)3/h1,9H,5-8H2,2-3H3,(H,11,12). The molecule has 13 heavy (non-hydrogen) atoms. The Balaban J connectivity index is 2.42. The molecule has 0 aromatic heterocycles. The number of likely N-dealkylation sites (N-methyl/N-ethyl adjacent to an activating group) is 1. The summed E-state index contributed by atoms with van der Waals surface area (Å²) >= 11 is 0. The van der Waals surface area contributed by atoms with E-state index in [0.717, 1.165) is 31.9 Å². The van der Waals surface area contributed by atoms with Gasteiger partial charge in [0.2, 0.25) is 0 Å². The van der Waals surface area contributed by atoms with Crippen LogP contribution in [0.2, 0.25) is 0 Å². The van der Waals surface area contributed by atoms with E-state index in [1.165, 1.54) is 0 Å². The molecule has 1 heterocycles. The number of rotatable bonds is 3. The molecule has 1 aliphatic heterocycles. The third-order valence-electron chi connectivity index (χ3n) is 2.25. The first-order chi connectivity index (χ1) is 6.27. The Morgan fingerprint density at radius 1 is 1.77 bits per heavy atom. The predicted octanol–water partition coefficient (Wildman–Crippen LogP) is 0.679. The number of hydrogen-bond donors (Lipinski definition) is 1. The third kappa shape index (κ3) is 2.66. The van der Waals surface area contributed by atoms with Crippen LogP contribution in [-0.4, -0.2) is 37.0 Å². The Morgan fingerprint density at radius 2 is 2.54 bits per heavy atom. The van der Waals surface area contributed by atoms with Crippen LogP contribution in [0.5, 0.6) is 0 Å². The van der Waals surface area contributed by atoms with Gasteiger partial charge >= 0.3 is 0 Å². The number of guanidine groups is 1. The highest BCUT2D eigenvalue weighted by molar-refractivity contribution is 5.81. The van der Waals surface area contributed by atoms with E-state index in [4.69, 9.17) is 6.42 Å². The molecule has 1 atom stereocenters. The van der Waals surface area contributed by atoms with E-state index >= 15 is 0 Å². The first-order valence-corrected chi connectivity index (χ1v) is 4.73. The SMILES string of the molecule is C#CCC(CC)NC1=NCCN1C. The summed E-state index contributed by atoms with van der Waals surface area (Å²) in [4.78, 5) is 6.47. The monoisotopic (exact) mass is 179 g/mol. The summed E-state index contributed by atoms with van der Waals surface area (Å²) in [5.74, 6) is 3.66. The molecule has 72 valence electrons. The first kappa shape index (κ1) is 9.91. The van der Waals surface area contributed by atoms with Crippen LogP contribution in [-0.2, 0) is 0 Å². The summed E-state index contributed by atoms with van der Waals surface area (Å²) < 4.78 is 0. The zero-order valence-electron chi connectivity index (χ0n) is 8.38. The van der Waals surface area contributed by atoms with Crippen molar-refractivity contribution >= 4 is 5.96 Å². The maximum absolute atomic E-state index is 5.27. The molecule has 1 unspecified atom stereocenters. The molecule has 0 aliphatic carbocycles. The Kier molecular flexibility index (Phi) is 3.63. The normalized spacial score (nSPS) is 17.9. The second-order valence-corrected chi connectivity index (χ2v) is 3.28. The molecule has 0 saturated carbocycles. The van der Waals surface area contributed by atoms with Gasteiger partial charge in [-0.05, 0) is 6.42 Å². The van der Waals surface area contributed by atoms with Crippen LogP contribution in [0.15, 0.2) is 4.99 Å². The highest BCUT2D eigenvalue weighted by atomic mass is 15.3. The van der Waals surface area contributed by atoms with Gasteiger partial charge in [0.25, 0.3) is 0 Å². The zero-order chi connectivity index (χ0) is 9.68. The van der Waals surface area contributed by atoms with Crippen molar-refractivity contribution in [2.45, 2.75) is 25.8 Å². The predicted molar refractivity (Wildman–Crippen MR) is 55.6 cm³/mol. The van der Waals surface area contributed by atoms with Crippen LogP contribution in [0.1, 0.15) is 19.8 Å². The number of aliphatic imine (C=N–C) groups is 1. The van der Waals surface area contributed by atoms with Crippen LogP contribution in [0, 0.1) is 12.3 Å². The first-order valence-electron chi connectivity index (χ1n) is 4.73. The fourth-order valence-corrected chi connectivity index (χ4v) is 1.31. The molecule has 0 bridgehead atoms. The molecule has 3 heteroatoms. The van der Waals surface area contributed by atoms with E-state index in [1.54, 1.807) is 0 Å². The lowest BCUT2D eigenvalue weighted by Crippen LogP contribution is -2.41. The largest absolute Gasteiger partial charge is 0.353 e. The fourth-order valence-electron chi connectivity index (χ4n) is 1.31. The van der Waals surface area contributed by atoms with Gasteiger partial charge in [-0.3, -0.25) is 4.99 Å². The van der Waals surface area contributed by atoms with E-state index in [-0.39, 0.29) is 0 Å². The number of nitrogens with zero attached hydrogens (tertiary/aromatic N) is 2. The molecule has 0 aromatic rings. The van der Waals surface area contributed by atoms with Crippen molar-refractivity contribution in [1.82, 2.24) is 10.2 Å². The molecule has 1 N–H and O–H groups in total. The number of terminal acetylenes is 1. The quantitative estimate of drug-likeness (QED) is 0.645. The van der Waals surface area contributed by atoms with E-state index < -0.39 is 0 Å². The van der Waals surface area contributed by atoms with Gasteiger partial charge in [0, 0.05) is 26.1 Å². The average Bonchev–Trinajstić information content (AvgIpc) is 2.51. The topological polar surface area (TPSA) is 27.6 Å². The van der Waals surface area contributed by atoms with Crippen LogP contribution in [0.25, 0.3) is 0 Å². The van der Waals surface area contributed by atoms with Gasteiger partial charge in [-0.2, -0.15) is 0 Å². The van der Waals surface area contributed by atoms with Crippen LogP contribution < -0.4 is 5.32 Å². The highest BCUT2D eigenvalue weighted by Crippen LogP contribution is 2.01. The minimum atomic E-state index is 0.365. The van der Waals surface area contributed by atoms with E-state index in [0.29, 0.717) is 6.04 Å². The van der Waals surface area contributed by atoms with Crippen molar-refractivity contribution in [2.24, 2.45) is 4.99 Å². The maximum Gasteiger partial charge on any atom is 0.194 e. The second kappa shape index (κ2) is 4.76.